The van der Waals surface area contributed by atoms with Crippen LogP contribution in [-0.2, 0) is 9.53 Å². The number of nitrogens with one attached hydrogen (secondary N) is 1. The number of carboxylic acid groups (broad SMARTS) is 1. The molecular formula is C12H13NO4. The quantitative estimate of drug-likeness (QED) is 0.603. The van der Waals surface area contributed by atoms with Gasteiger partial charge in [-0.1, -0.05) is 6.07 Å². The number of anilines is 1. The summed E-state index contributed by atoms with van der Waals surface area (Å²) in [5.74, 6) is -1.41. The lowest BCUT2D eigenvalue weighted by molar-refractivity contribution is -0.112. The van der Waals surface area contributed by atoms with Gasteiger partial charge >= 0.3 is 5.97 Å². The monoisotopic (exact) mass is 235 g/mol. The molecule has 1 aromatic carbocycles. The highest BCUT2D eigenvalue weighted by molar-refractivity contribution is 6.00. The van der Waals surface area contributed by atoms with Crippen molar-refractivity contribution in [2.24, 2.45) is 0 Å². The summed E-state index contributed by atoms with van der Waals surface area (Å²) in [6.07, 6.45) is 2.52. The van der Waals surface area contributed by atoms with E-state index in [4.69, 9.17) is 9.84 Å². The van der Waals surface area contributed by atoms with Gasteiger partial charge in [0.1, 0.15) is 0 Å². The third-order valence-electron chi connectivity index (χ3n) is 1.86. The first-order valence-corrected chi connectivity index (χ1v) is 5.06. The van der Waals surface area contributed by atoms with Crippen molar-refractivity contribution in [1.82, 2.24) is 0 Å². The van der Waals surface area contributed by atoms with Crippen molar-refractivity contribution in [2.45, 2.75) is 6.92 Å². The van der Waals surface area contributed by atoms with E-state index >= 15 is 0 Å². The van der Waals surface area contributed by atoms with Crippen molar-refractivity contribution >= 4 is 17.6 Å². The maximum absolute atomic E-state index is 11.3. The summed E-state index contributed by atoms with van der Waals surface area (Å²) in [7, 11) is 0. The number of aromatic carboxylic acids is 1. The van der Waals surface area contributed by atoms with Crippen LogP contribution in [0.2, 0.25) is 0 Å². The van der Waals surface area contributed by atoms with Crippen molar-refractivity contribution in [1.29, 1.82) is 0 Å². The second-order valence-corrected chi connectivity index (χ2v) is 3.13. The largest absolute Gasteiger partial charge is 0.501 e. The molecule has 17 heavy (non-hydrogen) atoms. The SMILES string of the molecule is CCO/C=C/C(=O)Nc1cccc(C(=O)O)c1. The van der Waals surface area contributed by atoms with Gasteiger partial charge in [0.25, 0.3) is 5.91 Å². The van der Waals surface area contributed by atoms with Gasteiger partial charge in [0.2, 0.25) is 0 Å². The molecule has 0 saturated carbocycles. The predicted molar refractivity (Wildman–Crippen MR) is 62.8 cm³/mol. The summed E-state index contributed by atoms with van der Waals surface area (Å²) >= 11 is 0. The molecule has 1 rings (SSSR count). The maximum atomic E-state index is 11.3. The van der Waals surface area contributed by atoms with Gasteiger partial charge in [0, 0.05) is 11.8 Å². The maximum Gasteiger partial charge on any atom is 0.335 e. The van der Waals surface area contributed by atoms with Gasteiger partial charge in [-0.3, -0.25) is 4.79 Å². The summed E-state index contributed by atoms with van der Waals surface area (Å²) in [6, 6.07) is 6.01. The molecule has 0 fully saturated rings. The number of carboxylic acids is 1. The fourth-order valence-electron chi connectivity index (χ4n) is 1.12. The number of carbonyl (C=O) groups excluding carboxylic acids is 1. The number of hydrogen-bond donors (Lipinski definition) is 2. The minimum atomic E-state index is -1.04. The zero-order valence-electron chi connectivity index (χ0n) is 9.34. The molecule has 0 radical (unpaired) electrons. The lowest BCUT2D eigenvalue weighted by Gasteiger charge is -2.03. The highest BCUT2D eigenvalue weighted by Crippen LogP contribution is 2.10. The lowest BCUT2D eigenvalue weighted by Crippen LogP contribution is -2.08. The molecule has 0 saturated heterocycles. The van der Waals surface area contributed by atoms with Gasteiger partial charge in [0.15, 0.2) is 0 Å². The molecule has 0 atom stereocenters. The summed E-state index contributed by atoms with van der Waals surface area (Å²) in [6.45, 7) is 2.29. The predicted octanol–water partition coefficient (Wildman–Crippen LogP) is 1.87. The van der Waals surface area contributed by atoms with Crippen molar-refractivity contribution in [3.63, 3.8) is 0 Å². The molecule has 5 nitrogen and oxygen atoms in total. The first kappa shape index (κ1) is 12.8. The highest BCUT2D eigenvalue weighted by Gasteiger charge is 2.04. The van der Waals surface area contributed by atoms with Crippen LogP contribution in [0.1, 0.15) is 17.3 Å². The summed E-state index contributed by atoms with van der Waals surface area (Å²) in [4.78, 5) is 22.0. The Bertz CT molecular complexity index is 440. The summed E-state index contributed by atoms with van der Waals surface area (Å²) in [5.41, 5.74) is 0.549. The molecule has 0 aliphatic carbocycles. The van der Waals surface area contributed by atoms with Gasteiger partial charge in [-0.05, 0) is 25.1 Å². The lowest BCUT2D eigenvalue weighted by atomic mass is 10.2. The number of ether oxygens (including phenoxy) is 1. The molecule has 0 bridgehead atoms. The van der Waals surface area contributed by atoms with E-state index in [0.717, 1.165) is 0 Å². The van der Waals surface area contributed by atoms with Crippen LogP contribution in [0.4, 0.5) is 5.69 Å². The van der Waals surface area contributed by atoms with Crippen LogP contribution in [0, 0.1) is 0 Å². The molecule has 90 valence electrons. The highest BCUT2D eigenvalue weighted by atomic mass is 16.5. The number of amides is 1. The van der Waals surface area contributed by atoms with E-state index in [-0.39, 0.29) is 11.5 Å². The Hall–Kier alpha value is -2.30. The Morgan fingerprint density at radius 1 is 1.47 bits per heavy atom. The van der Waals surface area contributed by atoms with E-state index in [0.29, 0.717) is 12.3 Å². The third kappa shape index (κ3) is 4.38. The van der Waals surface area contributed by atoms with Crippen LogP contribution in [0.3, 0.4) is 0 Å². The third-order valence-corrected chi connectivity index (χ3v) is 1.86. The van der Waals surface area contributed by atoms with E-state index < -0.39 is 5.97 Å². The Kier molecular flexibility index (Phi) is 4.75. The molecule has 1 amide bonds. The van der Waals surface area contributed by atoms with Gasteiger partial charge < -0.3 is 15.2 Å². The topological polar surface area (TPSA) is 75.6 Å². The van der Waals surface area contributed by atoms with Crippen molar-refractivity contribution < 1.29 is 19.4 Å². The molecule has 5 heteroatoms. The Labute approximate surface area is 98.7 Å². The van der Waals surface area contributed by atoms with Gasteiger partial charge in [0.05, 0.1) is 18.4 Å². The standard InChI is InChI=1S/C12H13NO4/c1-2-17-7-6-11(14)13-10-5-3-4-9(8-10)12(15)16/h3-8H,2H2,1H3,(H,13,14)(H,15,16)/b7-6+. The van der Waals surface area contributed by atoms with Crippen molar-refractivity contribution in [3.05, 3.63) is 42.2 Å². The Balaban J connectivity index is 2.65. The second kappa shape index (κ2) is 6.32. The molecule has 2 N–H and O–H groups in total. The number of rotatable bonds is 5. The van der Waals surface area contributed by atoms with Crippen LogP contribution >= 0.6 is 0 Å². The van der Waals surface area contributed by atoms with Crippen LogP contribution in [0.5, 0.6) is 0 Å². The zero-order chi connectivity index (χ0) is 12.7. The average Bonchev–Trinajstić information content (AvgIpc) is 2.29. The first-order chi connectivity index (χ1) is 8.13. The molecule has 0 aliphatic heterocycles. The van der Waals surface area contributed by atoms with Crippen LogP contribution in [0.25, 0.3) is 0 Å². The molecular weight excluding hydrogens is 222 g/mol. The zero-order valence-corrected chi connectivity index (χ0v) is 9.34. The van der Waals surface area contributed by atoms with E-state index in [1.54, 1.807) is 19.1 Å². The Morgan fingerprint density at radius 2 is 2.24 bits per heavy atom. The fourth-order valence-corrected chi connectivity index (χ4v) is 1.12. The summed E-state index contributed by atoms with van der Waals surface area (Å²) in [5, 5.41) is 11.3. The molecule has 1 aromatic rings. The van der Waals surface area contributed by atoms with E-state index in [1.807, 2.05) is 0 Å². The number of carbonyl (C=O) groups is 2. The molecule has 0 heterocycles. The number of benzene rings is 1. The minimum Gasteiger partial charge on any atom is -0.501 e. The smallest absolute Gasteiger partial charge is 0.335 e. The van der Waals surface area contributed by atoms with Crippen molar-refractivity contribution in [2.75, 3.05) is 11.9 Å². The van der Waals surface area contributed by atoms with Crippen molar-refractivity contribution in [3.8, 4) is 0 Å². The minimum absolute atomic E-state index is 0.122. The second-order valence-electron chi connectivity index (χ2n) is 3.13. The average molecular weight is 235 g/mol. The normalized spacial score (nSPS) is 10.2. The fraction of sp³-hybridized carbons (Fsp3) is 0.167. The molecule has 0 spiro atoms. The van der Waals surface area contributed by atoms with E-state index in [1.165, 1.54) is 24.5 Å². The van der Waals surface area contributed by atoms with E-state index in [2.05, 4.69) is 5.32 Å². The van der Waals surface area contributed by atoms with Gasteiger partial charge in [-0.15, -0.1) is 0 Å². The summed E-state index contributed by atoms with van der Waals surface area (Å²) < 4.78 is 4.87. The van der Waals surface area contributed by atoms with Crippen LogP contribution in [-0.4, -0.2) is 23.6 Å². The van der Waals surface area contributed by atoms with Gasteiger partial charge in [-0.2, -0.15) is 0 Å². The first-order valence-electron chi connectivity index (χ1n) is 5.06. The Morgan fingerprint density at radius 3 is 2.88 bits per heavy atom. The molecule has 0 aliphatic rings. The number of hydrogen-bond acceptors (Lipinski definition) is 3. The molecule has 0 aromatic heterocycles. The van der Waals surface area contributed by atoms with Crippen LogP contribution < -0.4 is 5.32 Å². The molecule has 0 unspecified atom stereocenters. The van der Waals surface area contributed by atoms with E-state index in [9.17, 15) is 9.59 Å². The van der Waals surface area contributed by atoms with Gasteiger partial charge in [-0.25, -0.2) is 4.79 Å². The van der Waals surface area contributed by atoms with Crippen LogP contribution in [0.15, 0.2) is 36.6 Å².